The molecule has 1 fully saturated rings. The molecule has 1 nitrogen and oxygen atoms in total. The molecule has 1 aliphatic rings. The molecule has 0 saturated heterocycles. The molecule has 0 aliphatic heterocycles. The maximum atomic E-state index is 6.11. The monoisotopic (exact) mass is 285 g/mol. The summed E-state index contributed by atoms with van der Waals surface area (Å²) < 4.78 is 0. The van der Waals surface area contributed by atoms with Crippen LogP contribution in [0.3, 0.4) is 0 Å². The molecule has 0 aromatic heterocycles. The van der Waals surface area contributed by atoms with E-state index < -0.39 is 0 Å². The van der Waals surface area contributed by atoms with Gasteiger partial charge < -0.3 is 5.32 Å². The van der Waals surface area contributed by atoms with Crippen LogP contribution in [0.25, 0.3) is 0 Å². The number of halogens is 2. The molecule has 1 saturated carbocycles. The molecule has 1 aliphatic carbocycles. The van der Waals surface area contributed by atoms with Crippen LogP contribution in [0.4, 0.5) is 0 Å². The lowest BCUT2D eigenvalue weighted by Gasteiger charge is -2.33. The van der Waals surface area contributed by atoms with Gasteiger partial charge in [-0.05, 0) is 55.5 Å². The van der Waals surface area contributed by atoms with Gasteiger partial charge in [0.05, 0.1) is 0 Å². The summed E-state index contributed by atoms with van der Waals surface area (Å²) in [6, 6.07) is 6.23. The Kier molecular flexibility index (Phi) is 4.94. The van der Waals surface area contributed by atoms with Crippen molar-refractivity contribution in [2.75, 3.05) is 7.05 Å². The topological polar surface area (TPSA) is 12.0 Å². The average Bonchev–Trinajstić information content (AvgIpc) is 2.28. The molecule has 100 valence electrons. The Morgan fingerprint density at radius 1 is 1.17 bits per heavy atom. The fourth-order valence-corrected chi connectivity index (χ4v) is 3.76. The van der Waals surface area contributed by atoms with Crippen LogP contribution in [0.5, 0.6) is 0 Å². The Labute approximate surface area is 120 Å². The first-order valence-corrected chi connectivity index (χ1v) is 7.49. The van der Waals surface area contributed by atoms with Gasteiger partial charge in [0, 0.05) is 16.1 Å². The van der Waals surface area contributed by atoms with E-state index in [2.05, 4.69) is 12.2 Å². The van der Waals surface area contributed by atoms with Crippen molar-refractivity contribution in [2.24, 2.45) is 11.8 Å². The summed E-state index contributed by atoms with van der Waals surface area (Å²) in [7, 11) is 2.03. The quantitative estimate of drug-likeness (QED) is 0.817. The molecule has 3 atom stereocenters. The molecule has 0 spiro atoms. The third-order valence-electron chi connectivity index (χ3n) is 4.00. The molecular formula is C15H21Cl2N. The second-order valence-corrected chi connectivity index (χ2v) is 6.37. The molecule has 0 bridgehead atoms. The maximum Gasteiger partial charge on any atom is 0.0424 e. The summed E-state index contributed by atoms with van der Waals surface area (Å²) in [4.78, 5) is 0. The Hall–Kier alpha value is -0.240. The van der Waals surface area contributed by atoms with E-state index in [9.17, 15) is 0 Å². The summed E-state index contributed by atoms with van der Waals surface area (Å²) >= 11 is 12.2. The number of hydrogen-bond acceptors (Lipinski definition) is 1. The summed E-state index contributed by atoms with van der Waals surface area (Å²) in [5, 5.41) is 4.89. The van der Waals surface area contributed by atoms with E-state index in [1.54, 1.807) is 6.07 Å². The molecule has 3 heteroatoms. The number of nitrogens with one attached hydrogen (secondary N) is 1. The van der Waals surface area contributed by atoms with E-state index in [-0.39, 0.29) is 0 Å². The third-order valence-corrected chi connectivity index (χ3v) is 4.44. The van der Waals surface area contributed by atoms with Crippen LogP contribution in [0.1, 0.15) is 44.2 Å². The zero-order valence-electron chi connectivity index (χ0n) is 11.0. The molecule has 0 heterocycles. The van der Waals surface area contributed by atoms with Gasteiger partial charge in [0.25, 0.3) is 0 Å². The van der Waals surface area contributed by atoms with Crippen molar-refractivity contribution in [1.82, 2.24) is 5.32 Å². The van der Waals surface area contributed by atoms with Crippen LogP contribution in [0.15, 0.2) is 18.2 Å². The standard InChI is InChI=1S/C15H21Cl2N/c1-10-4-3-5-11(6-10)15(18-2)12-7-13(16)9-14(17)8-12/h7-11,15,18H,3-6H2,1-2H3. The summed E-state index contributed by atoms with van der Waals surface area (Å²) in [6.45, 7) is 2.35. The number of rotatable bonds is 3. The highest BCUT2D eigenvalue weighted by molar-refractivity contribution is 6.34. The highest BCUT2D eigenvalue weighted by Crippen LogP contribution is 2.38. The number of benzene rings is 1. The molecule has 0 radical (unpaired) electrons. The van der Waals surface area contributed by atoms with Crippen LogP contribution in [0.2, 0.25) is 10.0 Å². The van der Waals surface area contributed by atoms with Crippen LogP contribution in [0, 0.1) is 11.8 Å². The Morgan fingerprint density at radius 3 is 2.39 bits per heavy atom. The SMILES string of the molecule is CNC(c1cc(Cl)cc(Cl)c1)C1CCCC(C)C1. The first kappa shape index (κ1) is 14.2. The molecule has 2 rings (SSSR count). The predicted octanol–water partition coefficient (Wildman–Crippen LogP) is 5.08. The Bertz CT molecular complexity index is 385. The highest BCUT2D eigenvalue weighted by atomic mass is 35.5. The van der Waals surface area contributed by atoms with E-state index in [1.165, 1.54) is 31.2 Å². The molecule has 1 aromatic carbocycles. The lowest BCUT2D eigenvalue weighted by atomic mass is 9.77. The first-order chi connectivity index (χ1) is 8.60. The van der Waals surface area contributed by atoms with Crippen molar-refractivity contribution >= 4 is 23.2 Å². The first-order valence-electron chi connectivity index (χ1n) is 6.73. The van der Waals surface area contributed by atoms with Crippen molar-refractivity contribution < 1.29 is 0 Å². The Morgan fingerprint density at radius 2 is 1.83 bits per heavy atom. The second kappa shape index (κ2) is 6.27. The minimum atomic E-state index is 0.365. The van der Waals surface area contributed by atoms with Gasteiger partial charge in [0.2, 0.25) is 0 Å². The largest absolute Gasteiger partial charge is 0.313 e. The lowest BCUT2D eigenvalue weighted by Crippen LogP contribution is -2.29. The second-order valence-electron chi connectivity index (χ2n) is 5.50. The number of hydrogen-bond donors (Lipinski definition) is 1. The van der Waals surface area contributed by atoms with Crippen molar-refractivity contribution in [2.45, 2.75) is 38.6 Å². The minimum absolute atomic E-state index is 0.365. The van der Waals surface area contributed by atoms with Crippen molar-refractivity contribution in [3.8, 4) is 0 Å². The average molecular weight is 286 g/mol. The van der Waals surface area contributed by atoms with Crippen molar-refractivity contribution in [1.29, 1.82) is 0 Å². The normalized spacial score (nSPS) is 26.0. The van der Waals surface area contributed by atoms with Crippen molar-refractivity contribution in [3.05, 3.63) is 33.8 Å². The zero-order valence-corrected chi connectivity index (χ0v) is 12.6. The maximum absolute atomic E-state index is 6.11. The molecule has 1 N–H and O–H groups in total. The predicted molar refractivity (Wildman–Crippen MR) is 79.4 cm³/mol. The van der Waals surface area contributed by atoms with E-state index in [0.29, 0.717) is 12.0 Å². The highest BCUT2D eigenvalue weighted by Gasteiger charge is 2.27. The molecule has 18 heavy (non-hydrogen) atoms. The molecule has 0 amide bonds. The van der Waals surface area contributed by atoms with E-state index in [4.69, 9.17) is 23.2 Å². The van der Waals surface area contributed by atoms with Gasteiger partial charge in [-0.15, -0.1) is 0 Å². The van der Waals surface area contributed by atoms with E-state index in [1.807, 2.05) is 19.2 Å². The third kappa shape index (κ3) is 3.40. The van der Waals surface area contributed by atoms with Gasteiger partial charge >= 0.3 is 0 Å². The van der Waals surface area contributed by atoms with Gasteiger partial charge in [0.15, 0.2) is 0 Å². The van der Waals surface area contributed by atoms with Crippen LogP contribution in [-0.4, -0.2) is 7.05 Å². The van der Waals surface area contributed by atoms with Gasteiger partial charge in [0.1, 0.15) is 0 Å². The van der Waals surface area contributed by atoms with Crippen LogP contribution < -0.4 is 5.32 Å². The molecule has 3 unspecified atom stereocenters. The van der Waals surface area contributed by atoms with Gasteiger partial charge in [-0.2, -0.15) is 0 Å². The van der Waals surface area contributed by atoms with Gasteiger partial charge in [-0.25, -0.2) is 0 Å². The fourth-order valence-electron chi connectivity index (χ4n) is 3.21. The van der Waals surface area contributed by atoms with E-state index >= 15 is 0 Å². The van der Waals surface area contributed by atoms with Crippen LogP contribution >= 0.6 is 23.2 Å². The fraction of sp³-hybridized carbons (Fsp3) is 0.600. The lowest BCUT2D eigenvalue weighted by molar-refractivity contribution is 0.230. The smallest absolute Gasteiger partial charge is 0.0424 e. The van der Waals surface area contributed by atoms with Gasteiger partial charge in [-0.3, -0.25) is 0 Å². The zero-order chi connectivity index (χ0) is 13.1. The molecule has 1 aromatic rings. The summed E-state index contributed by atoms with van der Waals surface area (Å²) in [5.74, 6) is 1.52. The summed E-state index contributed by atoms with van der Waals surface area (Å²) in [5.41, 5.74) is 1.22. The Balaban J connectivity index is 2.21. The minimum Gasteiger partial charge on any atom is -0.313 e. The van der Waals surface area contributed by atoms with Gasteiger partial charge in [-0.1, -0.05) is 43.0 Å². The van der Waals surface area contributed by atoms with E-state index in [0.717, 1.165) is 16.0 Å². The summed E-state index contributed by atoms with van der Waals surface area (Å²) in [6.07, 6.45) is 5.27. The molecular weight excluding hydrogens is 265 g/mol. The van der Waals surface area contributed by atoms with Crippen LogP contribution in [-0.2, 0) is 0 Å². The van der Waals surface area contributed by atoms with Crippen molar-refractivity contribution in [3.63, 3.8) is 0 Å².